The SMILES string of the molecule is O=C(C[N+]1=CC2=NC(c3ccc([N+](=O)[O-])cc3)C(=O)N2C=C1)[C@@H]1CCCN1C(=O)Cc1ccccc1. The summed E-state index contributed by atoms with van der Waals surface area (Å²) in [5.74, 6) is -0.00825. The molecule has 36 heavy (non-hydrogen) atoms. The highest BCUT2D eigenvalue weighted by Gasteiger charge is 2.39. The van der Waals surface area contributed by atoms with Crippen molar-refractivity contribution in [3.05, 3.63) is 88.2 Å². The van der Waals surface area contributed by atoms with Crippen LogP contribution >= 0.6 is 0 Å². The van der Waals surface area contributed by atoms with Crippen LogP contribution in [0.25, 0.3) is 0 Å². The van der Waals surface area contributed by atoms with Crippen LogP contribution < -0.4 is 0 Å². The molecule has 0 radical (unpaired) electrons. The molecule has 1 fully saturated rings. The Kier molecular flexibility index (Phi) is 6.24. The molecule has 3 heterocycles. The van der Waals surface area contributed by atoms with E-state index in [0.29, 0.717) is 24.4 Å². The van der Waals surface area contributed by atoms with Gasteiger partial charge in [0, 0.05) is 18.7 Å². The number of aliphatic imine (C=N–C) groups is 1. The van der Waals surface area contributed by atoms with E-state index in [-0.39, 0.29) is 36.3 Å². The van der Waals surface area contributed by atoms with Crippen molar-refractivity contribution in [3.8, 4) is 0 Å². The summed E-state index contributed by atoms with van der Waals surface area (Å²) in [4.78, 5) is 56.8. The standard InChI is InChI=1S/C26H24N5O5/c32-22(21-7-4-12-29(21)24(33)15-18-5-2-1-3-6-18)16-28-13-14-30-23(17-28)27-25(26(30)34)19-8-10-20(11-9-19)31(35)36/h1-3,5-6,8-11,13-14,17,21,25H,4,7,12,15-16H2/q+1/t21-,25?/m0/s1. The summed E-state index contributed by atoms with van der Waals surface area (Å²) in [5, 5.41) is 10.9. The lowest BCUT2D eigenvalue weighted by Gasteiger charge is -2.23. The predicted octanol–water partition coefficient (Wildman–Crippen LogP) is 2.25. The van der Waals surface area contributed by atoms with Gasteiger partial charge in [-0.2, -0.15) is 4.58 Å². The van der Waals surface area contributed by atoms with Crippen LogP contribution in [0.15, 0.2) is 72.0 Å². The number of amidine groups is 1. The number of hydrogen-bond donors (Lipinski definition) is 0. The molecule has 2 atom stereocenters. The van der Waals surface area contributed by atoms with Crippen LogP contribution in [0.5, 0.6) is 0 Å². The average molecular weight is 487 g/mol. The van der Waals surface area contributed by atoms with Crippen molar-refractivity contribution >= 4 is 35.3 Å². The second kappa shape index (κ2) is 9.65. The number of nitro benzene ring substituents is 1. The Balaban J connectivity index is 1.27. The van der Waals surface area contributed by atoms with Gasteiger partial charge in [-0.1, -0.05) is 30.3 Å². The number of hydrogen-bond acceptors (Lipinski definition) is 6. The Hall–Kier alpha value is -4.47. The summed E-state index contributed by atoms with van der Waals surface area (Å²) >= 11 is 0. The van der Waals surface area contributed by atoms with E-state index in [1.54, 1.807) is 28.1 Å². The van der Waals surface area contributed by atoms with E-state index in [2.05, 4.69) is 4.99 Å². The van der Waals surface area contributed by atoms with Gasteiger partial charge >= 0.3 is 0 Å². The molecule has 2 aromatic rings. The maximum atomic E-state index is 13.1. The van der Waals surface area contributed by atoms with Crippen LogP contribution in [-0.2, 0) is 20.8 Å². The molecule has 0 spiro atoms. The second-order valence-electron chi connectivity index (χ2n) is 8.92. The molecular weight excluding hydrogens is 462 g/mol. The van der Waals surface area contributed by atoms with Gasteiger partial charge in [0.15, 0.2) is 12.2 Å². The molecular formula is C26H24N5O5+. The lowest BCUT2D eigenvalue weighted by molar-refractivity contribution is -0.440. The molecule has 1 saturated heterocycles. The number of amides is 2. The molecule has 0 saturated carbocycles. The largest absolute Gasteiger partial charge is 0.332 e. The predicted molar refractivity (Wildman–Crippen MR) is 130 cm³/mol. The van der Waals surface area contributed by atoms with E-state index in [1.807, 2.05) is 30.3 Å². The summed E-state index contributed by atoms with van der Waals surface area (Å²) in [6.07, 6.45) is 6.50. The van der Waals surface area contributed by atoms with Crippen molar-refractivity contribution in [3.63, 3.8) is 0 Å². The first-order valence-electron chi connectivity index (χ1n) is 11.7. The van der Waals surface area contributed by atoms with Gasteiger partial charge in [-0.15, -0.1) is 0 Å². The first-order chi connectivity index (χ1) is 17.4. The van der Waals surface area contributed by atoms with E-state index < -0.39 is 17.0 Å². The van der Waals surface area contributed by atoms with Crippen LogP contribution in [0.3, 0.4) is 0 Å². The minimum absolute atomic E-state index is 0.0551. The number of benzene rings is 2. The third kappa shape index (κ3) is 4.57. The monoisotopic (exact) mass is 486 g/mol. The van der Waals surface area contributed by atoms with E-state index in [9.17, 15) is 24.5 Å². The maximum absolute atomic E-state index is 13.1. The summed E-state index contributed by atoms with van der Waals surface area (Å²) in [6.45, 7) is 0.618. The third-order valence-electron chi connectivity index (χ3n) is 6.57. The summed E-state index contributed by atoms with van der Waals surface area (Å²) in [7, 11) is 0. The van der Waals surface area contributed by atoms with Crippen molar-refractivity contribution in [1.82, 2.24) is 9.80 Å². The molecule has 10 nitrogen and oxygen atoms in total. The van der Waals surface area contributed by atoms with Crippen LogP contribution in [-0.4, -0.2) is 68.1 Å². The molecule has 0 bridgehead atoms. The van der Waals surface area contributed by atoms with Gasteiger partial charge in [0.1, 0.15) is 0 Å². The molecule has 2 aromatic carbocycles. The molecule has 3 aliphatic heterocycles. The fourth-order valence-corrected chi connectivity index (χ4v) is 4.73. The third-order valence-corrected chi connectivity index (χ3v) is 6.57. The molecule has 2 amide bonds. The van der Waals surface area contributed by atoms with Crippen molar-refractivity contribution in [2.45, 2.75) is 31.3 Å². The Bertz CT molecular complexity index is 1320. The first-order valence-corrected chi connectivity index (χ1v) is 11.7. The zero-order chi connectivity index (χ0) is 25.2. The van der Waals surface area contributed by atoms with Gasteiger partial charge in [-0.3, -0.25) is 29.4 Å². The van der Waals surface area contributed by atoms with E-state index >= 15 is 0 Å². The van der Waals surface area contributed by atoms with Crippen molar-refractivity contribution in [1.29, 1.82) is 0 Å². The molecule has 182 valence electrons. The lowest BCUT2D eigenvalue weighted by atomic mass is 10.1. The summed E-state index contributed by atoms with van der Waals surface area (Å²) in [5.41, 5.74) is 1.41. The Morgan fingerprint density at radius 3 is 2.58 bits per heavy atom. The molecule has 0 N–H and O–H groups in total. The zero-order valence-electron chi connectivity index (χ0n) is 19.4. The number of nitro groups is 1. The number of carbonyl (C=O) groups excluding carboxylic acids is 3. The Morgan fingerprint density at radius 1 is 1.11 bits per heavy atom. The summed E-state index contributed by atoms with van der Waals surface area (Å²) < 4.78 is 1.67. The minimum atomic E-state index is -0.807. The van der Waals surface area contributed by atoms with Gasteiger partial charge in [0.2, 0.25) is 30.3 Å². The van der Waals surface area contributed by atoms with Gasteiger partial charge in [0.05, 0.1) is 23.6 Å². The molecule has 0 aliphatic carbocycles. The molecule has 1 unspecified atom stereocenters. The first kappa shape index (κ1) is 23.3. The highest BCUT2D eigenvalue weighted by atomic mass is 16.6. The van der Waals surface area contributed by atoms with E-state index in [0.717, 1.165) is 12.0 Å². The second-order valence-corrected chi connectivity index (χ2v) is 8.92. The minimum Gasteiger partial charge on any atom is -0.332 e. The van der Waals surface area contributed by atoms with Crippen LogP contribution in [0.4, 0.5) is 5.69 Å². The topological polar surface area (TPSA) is 116 Å². The summed E-state index contributed by atoms with van der Waals surface area (Å²) in [6, 6.07) is 13.9. The number of rotatable bonds is 7. The fraction of sp³-hybridized carbons (Fsp3) is 0.269. The number of likely N-dealkylation sites (tertiary alicyclic amines) is 1. The van der Waals surface area contributed by atoms with Crippen molar-refractivity contribution in [2.24, 2.45) is 4.99 Å². The number of nitrogens with zero attached hydrogens (tertiary/aromatic N) is 5. The highest BCUT2D eigenvalue weighted by molar-refractivity contribution is 6.34. The number of fused-ring (bicyclic) bond motifs is 1. The fourth-order valence-electron chi connectivity index (χ4n) is 4.73. The van der Waals surface area contributed by atoms with Crippen LogP contribution in [0, 0.1) is 10.1 Å². The number of Topliss-reactive ketones (excluding diaryl/α,β-unsaturated/α-hetero) is 1. The number of non-ortho nitro benzene ring substituents is 1. The van der Waals surface area contributed by atoms with Gasteiger partial charge in [-0.05, 0) is 36.1 Å². The molecule has 10 heteroatoms. The smallest absolute Gasteiger partial charge is 0.269 e. The highest BCUT2D eigenvalue weighted by Crippen LogP contribution is 2.28. The van der Waals surface area contributed by atoms with Crippen molar-refractivity contribution in [2.75, 3.05) is 13.1 Å². The Morgan fingerprint density at radius 2 is 1.86 bits per heavy atom. The Labute approximate surface area is 207 Å². The van der Waals surface area contributed by atoms with Gasteiger partial charge < -0.3 is 4.90 Å². The van der Waals surface area contributed by atoms with E-state index in [1.165, 1.54) is 29.2 Å². The van der Waals surface area contributed by atoms with Crippen LogP contribution in [0.2, 0.25) is 0 Å². The van der Waals surface area contributed by atoms with Gasteiger partial charge in [-0.25, -0.2) is 4.99 Å². The number of ketones is 1. The maximum Gasteiger partial charge on any atom is 0.269 e. The van der Waals surface area contributed by atoms with Gasteiger partial charge in [0.25, 0.3) is 11.6 Å². The normalized spacial score (nSPS) is 20.7. The van der Waals surface area contributed by atoms with E-state index in [4.69, 9.17) is 0 Å². The zero-order valence-corrected chi connectivity index (χ0v) is 19.4. The quantitative estimate of drug-likeness (QED) is 0.338. The average Bonchev–Trinajstić information content (AvgIpc) is 3.50. The van der Waals surface area contributed by atoms with Crippen molar-refractivity contribution < 1.29 is 23.9 Å². The molecule has 5 rings (SSSR count). The lowest BCUT2D eigenvalue weighted by Crippen LogP contribution is -2.44. The number of carbonyl (C=O) groups is 3. The molecule has 3 aliphatic rings. The van der Waals surface area contributed by atoms with Crippen LogP contribution in [0.1, 0.15) is 30.0 Å². The molecule has 0 aromatic heterocycles.